The number of hydrogen-bond donors (Lipinski definition) is 1. The van der Waals surface area contributed by atoms with Crippen molar-refractivity contribution >= 4 is 31.6 Å². The number of rotatable bonds is 4. The van der Waals surface area contributed by atoms with Gasteiger partial charge in [-0.3, -0.25) is 4.79 Å². The lowest BCUT2D eigenvalue weighted by Crippen LogP contribution is -2.41. The van der Waals surface area contributed by atoms with Gasteiger partial charge in [0.25, 0.3) is 0 Å². The molecule has 1 fully saturated rings. The molecule has 22 heavy (non-hydrogen) atoms. The Morgan fingerprint density at radius 1 is 1.18 bits per heavy atom. The van der Waals surface area contributed by atoms with Crippen molar-refractivity contribution in [3.8, 4) is 0 Å². The summed E-state index contributed by atoms with van der Waals surface area (Å²) in [7, 11) is -0.442. The Balaban J connectivity index is 2.36. The molecule has 1 aliphatic rings. The van der Waals surface area contributed by atoms with E-state index in [9.17, 15) is 4.79 Å². The van der Waals surface area contributed by atoms with E-state index in [1.807, 2.05) is 58.0 Å². The van der Waals surface area contributed by atoms with E-state index in [0.717, 1.165) is 11.0 Å². The van der Waals surface area contributed by atoms with Crippen molar-refractivity contribution in [2.75, 3.05) is 5.75 Å². The van der Waals surface area contributed by atoms with E-state index < -0.39 is 7.12 Å². The second kappa shape index (κ2) is 6.22. The van der Waals surface area contributed by atoms with E-state index in [-0.39, 0.29) is 17.0 Å². The second-order valence-corrected chi connectivity index (χ2v) is 6.93. The van der Waals surface area contributed by atoms with Crippen LogP contribution in [0.4, 0.5) is 0 Å². The van der Waals surface area contributed by atoms with Crippen LogP contribution in [0.5, 0.6) is 0 Å². The van der Waals surface area contributed by atoms with Gasteiger partial charge in [0.05, 0.1) is 11.2 Å². The minimum atomic E-state index is -0.442. The van der Waals surface area contributed by atoms with E-state index in [1.54, 1.807) is 6.92 Å². The van der Waals surface area contributed by atoms with Crippen LogP contribution in [0.25, 0.3) is 6.08 Å². The van der Waals surface area contributed by atoms with Gasteiger partial charge < -0.3 is 9.31 Å². The third-order valence-electron chi connectivity index (χ3n) is 4.42. The monoisotopic (exact) mass is 318 g/mol. The standard InChI is InChI=1S/C17H23BO3S/c1-12(19)15-9-7-6-8-13(15)10-14(11-22)18-20-16(2,3)17(4,5)21-18/h6-10,22H,11H2,1-5H3. The van der Waals surface area contributed by atoms with Gasteiger partial charge in [-0.25, -0.2) is 0 Å². The third-order valence-corrected chi connectivity index (χ3v) is 4.78. The van der Waals surface area contributed by atoms with Crippen molar-refractivity contribution in [2.45, 2.75) is 45.8 Å². The SMILES string of the molecule is CC(=O)c1ccccc1C=C(CS)B1OC(C)(C)C(C)(C)O1. The fourth-order valence-electron chi connectivity index (χ4n) is 2.33. The maximum absolute atomic E-state index is 11.8. The highest BCUT2D eigenvalue weighted by atomic mass is 32.1. The summed E-state index contributed by atoms with van der Waals surface area (Å²) in [6.07, 6.45) is 1.95. The van der Waals surface area contributed by atoms with Crippen LogP contribution in [0, 0.1) is 0 Å². The minimum Gasteiger partial charge on any atom is -0.400 e. The molecule has 0 atom stereocenters. The minimum absolute atomic E-state index is 0.0410. The predicted octanol–water partition coefficient (Wildman–Crippen LogP) is 3.83. The highest BCUT2D eigenvalue weighted by Gasteiger charge is 2.52. The van der Waals surface area contributed by atoms with Gasteiger partial charge in [0, 0.05) is 11.3 Å². The van der Waals surface area contributed by atoms with Gasteiger partial charge >= 0.3 is 7.12 Å². The Morgan fingerprint density at radius 3 is 2.23 bits per heavy atom. The Hall–Kier alpha value is -1.04. The summed E-state index contributed by atoms with van der Waals surface area (Å²) in [5, 5.41) is 0. The maximum atomic E-state index is 11.8. The number of benzene rings is 1. The quantitative estimate of drug-likeness (QED) is 0.520. The lowest BCUT2D eigenvalue weighted by atomic mass is 9.78. The summed E-state index contributed by atoms with van der Waals surface area (Å²) >= 11 is 4.41. The molecule has 1 aromatic rings. The molecule has 0 N–H and O–H groups in total. The van der Waals surface area contributed by atoms with Crippen LogP contribution in [0.15, 0.2) is 29.7 Å². The van der Waals surface area contributed by atoms with E-state index >= 15 is 0 Å². The number of carbonyl (C=O) groups excluding carboxylic acids is 1. The number of thiol groups is 1. The van der Waals surface area contributed by atoms with Gasteiger partial charge in [-0.15, -0.1) is 0 Å². The normalized spacial score (nSPS) is 20.3. The molecule has 0 aromatic heterocycles. The third kappa shape index (κ3) is 3.32. The Bertz CT molecular complexity index is 592. The fraction of sp³-hybridized carbons (Fsp3) is 0.471. The van der Waals surface area contributed by atoms with Crippen LogP contribution in [0.1, 0.15) is 50.5 Å². The van der Waals surface area contributed by atoms with Gasteiger partial charge in [0.1, 0.15) is 0 Å². The van der Waals surface area contributed by atoms with Crippen LogP contribution in [-0.4, -0.2) is 29.9 Å². The molecule has 1 aromatic carbocycles. The fourth-order valence-corrected chi connectivity index (χ4v) is 2.57. The second-order valence-electron chi connectivity index (χ2n) is 6.61. The molecule has 1 saturated heterocycles. The largest absolute Gasteiger partial charge is 0.491 e. The highest BCUT2D eigenvalue weighted by molar-refractivity contribution is 7.80. The first-order valence-corrected chi connectivity index (χ1v) is 8.08. The Morgan fingerprint density at radius 2 is 1.73 bits per heavy atom. The molecular weight excluding hydrogens is 295 g/mol. The van der Waals surface area contributed by atoms with Gasteiger partial charge in [-0.1, -0.05) is 30.3 Å². The summed E-state index contributed by atoms with van der Waals surface area (Å²) in [5.41, 5.74) is 1.70. The highest BCUT2D eigenvalue weighted by Crippen LogP contribution is 2.39. The number of ketones is 1. The zero-order valence-corrected chi connectivity index (χ0v) is 14.7. The molecule has 0 aliphatic carbocycles. The molecule has 0 saturated carbocycles. The van der Waals surface area contributed by atoms with Crippen LogP contribution < -0.4 is 0 Å². The summed E-state index contributed by atoms with van der Waals surface area (Å²) in [4.78, 5) is 11.8. The van der Waals surface area contributed by atoms with Crippen molar-refractivity contribution in [2.24, 2.45) is 0 Å². The van der Waals surface area contributed by atoms with Crippen molar-refractivity contribution in [1.82, 2.24) is 0 Å². The molecule has 1 aliphatic heterocycles. The summed E-state index contributed by atoms with van der Waals surface area (Å²) in [6, 6.07) is 7.53. The first-order chi connectivity index (χ1) is 10.2. The zero-order chi connectivity index (χ0) is 16.5. The molecule has 0 spiro atoms. The zero-order valence-electron chi connectivity index (χ0n) is 13.8. The van der Waals surface area contributed by atoms with Crippen molar-refractivity contribution in [1.29, 1.82) is 0 Å². The molecule has 3 nitrogen and oxygen atoms in total. The lowest BCUT2D eigenvalue weighted by molar-refractivity contribution is 0.00578. The number of hydrogen-bond acceptors (Lipinski definition) is 4. The van der Waals surface area contributed by atoms with Crippen LogP contribution >= 0.6 is 12.6 Å². The van der Waals surface area contributed by atoms with Gasteiger partial charge in [0.15, 0.2) is 5.78 Å². The van der Waals surface area contributed by atoms with Crippen LogP contribution in [0.2, 0.25) is 0 Å². The Kier molecular flexibility index (Phi) is 4.90. The van der Waals surface area contributed by atoms with E-state index in [1.165, 1.54) is 0 Å². The summed E-state index contributed by atoms with van der Waals surface area (Å²) < 4.78 is 12.1. The van der Waals surface area contributed by atoms with Gasteiger partial charge in [-0.2, -0.15) is 12.6 Å². The first-order valence-electron chi connectivity index (χ1n) is 7.45. The molecule has 0 amide bonds. The lowest BCUT2D eigenvalue weighted by Gasteiger charge is -2.32. The van der Waals surface area contributed by atoms with Crippen LogP contribution in [-0.2, 0) is 9.31 Å². The summed E-state index contributed by atoms with van der Waals surface area (Å²) in [6.45, 7) is 9.65. The molecule has 5 heteroatoms. The van der Waals surface area contributed by atoms with E-state index in [2.05, 4.69) is 12.6 Å². The average Bonchev–Trinajstić information content (AvgIpc) is 2.64. The van der Waals surface area contributed by atoms with Crippen molar-refractivity contribution < 1.29 is 14.1 Å². The predicted molar refractivity (Wildman–Crippen MR) is 94.4 cm³/mol. The van der Waals surface area contributed by atoms with E-state index in [0.29, 0.717) is 11.3 Å². The number of Topliss-reactive ketones (excluding diaryl/α,β-unsaturated/α-hetero) is 1. The first kappa shape index (κ1) is 17.3. The van der Waals surface area contributed by atoms with E-state index in [4.69, 9.17) is 9.31 Å². The molecule has 118 valence electrons. The Labute approximate surface area is 138 Å². The number of carbonyl (C=O) groups is 1. The molecule has 0 radical (unpaired) electrons. The van der Waals surface area contributed by atoms with Gasteiger partial charge in [-0.05, 0) is 45.7 Å². The average molecular weight is 318 g/mol. The molecule has 0 unspecified atom stereocenters. The van der Waals surface area contributed by atoms with Crippen molar-refractivity contribution in [3.63, 3.8) is 0 Å². The van der Waals surface area contributed by atoms with Crippen LogP contribution in [0.3, 0.4) is 0 Å². The molecule has 2 rings (SSSR count). The van der Waals surface area contributed by atoms with Crippen molar-refractivity contribution in [3.05, 3.63) is 40.9 Å². The molecule has 0 bridgehead atoms. The molecular formula is C17H23BO3S. The maximum Gasteiger partial charge on any atom is 0.491 e. The molecule has 1 heterocycles. The summed E-state index contributed by atoms with van der Waals surface area (Å²) in [5.74, 6) is 0.544. The smallest absolute Gasteiger partial charge is 0.400 e. The van der Waals surface area contributed by atoms with Gasteiger partial charge in [0.2, 0.25) is 0 Å². The topological polar surface area (TPSA) is 35.5 Å².